The molecular formula is C106H61Br2F3. The minimum Gasteiger partial charge on any atom is -0.207 e. The largest absolute Gasteiger partial charge is 0.207 e. The molecule has 17 aliphatic rings. The SMILES string of the molecule is C1=CC2C3C4=c5c6c7c8c(ccc9c%10ccc%11c%12ccc%13c1c3c1c5c3c6c(c89)c%10c%11c3c%12c%131)C1C=CC2C4C71.CCc1cccc(F)c1CC.Fc1cccc(CBr)c1CBr.Fc1cccc2c1CC13c4c5c6ccc7c5c5c8c9c%10c(c%11c%12c(ccc%13c%14c(c%10c%13%12)C%10C9=C9C(C=CC7C95)C%10C=C%14)=C(CCC61)C%113C2)c48. The summed E-state index contributed by atoms with van der Waals surface area (Å²) in [6.45, 7) is 4.03. The maximum Gasteiger partial charge on any atom is 0.127 e. The second-order valence-electron chi connectivity index (χ2n) is 37.2. The maximum atomic E-state index is 16.3. The second kappa shape index (κ2) is 17.3. The van der Waals surface area contributed by atoms with E-state index in [2.05, 4.69) is 147 Å². The highest BCUT2D eigenvalue weighted by molar-refractivity contribution is 9.09. The van der Waals surface area contributed by atoms with Gasteiger partial charge in [-0.3, -0.25) is 0 Å². The lowest BCUT2D eigenvalue weighted by Gasteiger charge is -2.61. The van der Waals surface area contributed by atoms with Gasteiger partial charge in [-0.25, -0.2) is 13.2 Å². The lowest BCUT2D eigenvalue weighted by molar-refractivity contribution is 0.181. The second-order valence-corrected chi connectivity index (χ2v) is 38.3. The van der Waals surface area contributed by atoms with Crippen molar-refractivity contribution in [3.05, 3.63) is 285 Å². The van der Waals surface area contributed by atoms with E-state index in [0.717, 1.165) is 59.9 Å². The summed E-state index contributed by atoms with van der Waals surface area (Å²) >= 11 is 6.53. The Labute approximate surface area is 649 Å². The Hall–Kier alpha value is -9.91. The van der Waals surface area contributed by atoms with Crippen molar-refractivity contribution in [2.75, 3.05) is 0 Å². The van der Waals surface area contributed by atoms with Gasteiger partial charge < -0.3 is 0 Å². The molecule has 0 bridgehead atoms. The van der Waals surface area contributed by atoms with Crippen molar-refractivity contribution in [2.45, 2.75) is 115 Å². The lowest BCUT2D eigenvalue weighted by atomic mass is 9.40. The Balaban J connectivity index is 0.0000000866. The van der Waals surface area contributed by atoms with E-state index in [1.807, 2.05) is 37.6 Å². The van der Waals surface area contributed by atoms with E-state index >= 15 is 4.39 Å². The average Bonchev–Trinajstić information content (AvgIpc) is 1.43. The van der Waals surface area contributed by atoms with E-state index in [1.54, 1.807) is 225 Å². The molecule has 2 spiro atoms. The van der Waals surface area contributed by atoms with Crippen LogP contribution in [0.2, 0.25) is 0 Å². The third-order valence-corrected chi connectivity index (χ3v) is 36.1. The van der Waals surface area contributed by atoms with E-state index < -0.39 is 0 Å². The van der Waals surface area contributed by atoms with Crippen LogP contribution in [-0.2, 0) is 47.2 Å². The smallest absolute Gasteiger partial charge is 0.127 e. The van der Waals surface area contributed by atoms with E-state index in [9.17, 15) is 8.78 Å². The molecule has 14 unspecified atom stereocenters. The number of benzene rings is 13. The van der Waals surface area contributed by atoms with Crippen molar-refractivity contribution < 1.29 is 13.2 Å². The molecule has 5 heteroatoms. The highest BCUT2D eigenvalue weighted by Gasteiger charge is 2.72. The molecule has 0 saturated heterocycles. The highest BCUT2D eigenvalue weighted by Crippen LogP contribution is 2.83. The van der Waals surface area contributed by atoms with Gasteiger partial charge in [0, 0.05) is 68.5 Å². The van der Waals surface area contributed by atoms with E-state index in [1.165, 1.54) is 62.0 Å². The summed E-state index contributed by atoms with van der Waals surface area (Å²) in [6.07, 6.45) is 26.9. The average molecular weight is 1550 g/mol. The summed E-state index contributed by atoms with van der Waals surface area (Å²) in [4.78, 5) is 0. The molecule has 0 aromatic heterocycles. The van der Waals surface area contributed by atoms with Crippen molar-refractivity contribution in [1.82, 2.24) is 0 Å². The summed E-state index contributed by atoms with van der Waals surface area (Å²) < 4.78 is 42.3. The zero-order valence-corrected chi connectivity index (χ0v) is 63.7. The number of hydrogen-bond acceptors (Lipinski definition) is 0. The zero-order chi connectivity index (χ0) is 71.4. The zero-order valence-electron chi connectivity index (χ0n) is 60.6. The van der Waals surface area contributed by atoms with Crippen LogP contribution in [0.3, 0.4) is 0 Å². The minimum atomic E-state index is -0.148. The molecular weight excluding hydrogens is 1490 g/mol. The third kappa shape index (κ3) is 5.13. The third-order valence-electron chi connectivity index (χ3n) is 34.9. The first-order valence-electron chi connectivity index (χ1n) is 41.5. The summed E-state index contributed by atoms with van der Waals surface area (Å²) in [5.41, 5.74) is 32.6. The van der Waals surface area contributed by atoms with Gasteiger partial charge >= 0.3 is 0 Å². The predicted molar refractivity (Wildman–Crippen MR) is 457 cm³/mol. The van der Waals surface area contributed by atoms with Crippen molar-refractivity contribution >= 4 is 212 Å². The first kappa shape index (κ1) is 57.2. The Bertz CT molecular complexity index is 8340. The van der Waals surface area contributed by atoms with Gasteiger partial charge in [0.1, 0.15) is 17.5 Å². The van der Waals surface area contributed by atoms with Gasteiger partial charge in [-0.15, -0.1) is 0 Å². The number of hydrogen-bond donors (Lipinski definition) is 0. The van der Waals surface area contributed by atoms with Gasteiger partial charge in [0.2, 0.25) is 0 Å². The number of alkyl halides is 2. The van der Waals surface area contributed by atoms with Crippen molar-refractivity contribution in [1.29, 1.82) is 0 Å². The van der Waals surface area contributed by atoms with Crippen molar-refractivity contribution in [2.24, 2.45) is 29.6 Å². The molecule has 2 fully saturated rings. The summed E-state index contributed by atoms with van der Waals surface area (Å²) in [5, 5.41) is 49.3. The van der Waals surface area contributed by atoms with Gasteiger partial charge in [-0.2, -0.15) is 0 Å². The summed E-state index contributed by atoms with van der Waals surface area (Å²) in [5.74, 6) is 6.24. The van der Waals surface area contributed by atoms with Gasteiger partial charge in [-0.05, 0) is 359 Å². The van der Waals surface area contributed by atoms with Gasteiger partial charge in [0.05, 0.1) is 0 Å². The standard InChI is InChI=1S/C48H25F.C40H16.C10H13F.C8H7Br2F/c49-28-3-1-2-16-14-47-26-12-13-27-24-11-9-22-20-7-5-18-17-4-6-19-21-8-10-23(26)35-33(21)38-31(19)29(17)37-30(18)32(20)39-34(22)36(24)46(48(27,47)15-25(16)28)44-42(39)40(37)41(38)43(44)45(35)47;1-2-12-14-5-6-16-18-9-10-20-19-8-7-17-15-4-3-13-11(1)21-22(12)32-24(14)26(16)34-29(18)30(20)35-28(19)27(17)33-25(15)23(13)31(21)36-37(32)39(34)40(35)38(33)36;1-3-8-6-5-7-10(11)9(8)4-2;9-4-6-2-1-3-8(11)7(6)5-10/h1-11,17-18,20,27,29,32H,12-15H2;1-13,21-23H;5-7H,3-4H2,1-2H3;1-3H,4-5H2. The van der Waals surface area contributed by atoms with Crippen LogP contribution in [0.4, 0.5) is 13.2 Å². The summed E-state index contributed by atoms with van der Waals surface area (Å²) in [7, 11) is 0. The first-order chi connectivity index (χ1) is 54.7. The molecule has 0 radical (unpaired) electrons. The van der Waals surface area contributed by atoms with Crippen molar-refractivity contribution in [3.8, 4) is 0 Å². The molecule has 0 N–H and O–H groups in total. The number of aryl methyl sites for hydroxylation is 1. The monoisotopic (exact) mass is 1550 g/mol. The van der Waals surface area contributed by atoms with Crippen molar-refractivity contribution in [3.63, 3.8) is 0 Å². The van der Waals surface area contributed by atoms with Crippen LogP contribution in [0, 0.1) is 47.0 Å². The van der Waals surface area contributed by atoms with Crippen LogP contribution in [0.25, 0.3) is 180 Å². The molecule has 36 rings (SSSR count). The molecule has 0 amide bonds. The lowest BCUT2D eigenvalue weighted by Crippen LogP contribution is -2.59. The fourth-order valence-corrected chi connectivity index (χ4v) is 33.6. The first-order valence-corrected chi connectivity index (χ1v) is 43.7. The van der Waals surface area contributed by atoms with Gasteiger partial charge in [0.15, 0.2) is 0 Å². The molecule has 0 aliphatic heterocycles. The molecule has 19 aromatic rings. The fourth-order valence-electron chi connectivity index (χ4n) is 32.4. The van der Waals surface area contributed by atoms with Crippen LogP contribution in [0.1, 0.15) is 168 Å². The molecule has 0 nitrogen and oxygen atoms in total. The Kier molecular flexibility index (Phi) is 8.93. The molecule has 19 aromatic carbocycles. The van der Waals surface area contributed by atoms with E-state index in [0.29, 0.717) is 81.7 Å². The number of rotatable bonds is 4. The minimum absolute atomic E-state index is 0.0197. The van der Waals surface area contributed by atoms with E-state index in [4.69, 9.17) is 0 Å². The summed E-state index contributed by atoms with van der Waals surface area (Å²) in [6, 6.07) is 41.7. The van der Waals surface area contributed by atoms with Crippen LogP contribution in [-0.4, -0.2) is 0 Å². The Morgan fingerprint density at radius 3 is 1.79 bits per heavy atom. The topological polar surface area (TPSA) is 0 Å². The quantitative estimate of drug-likeness (QED) is 0.0936. The van der Waals surface area contributed by atoms with Crippen LogP contribution in [0.5, 0.6) is 0 Å². The number of allylic oxidation sites excluding steroid dienone is 8. The number of halogens is 5. The normalized spacial score (nSPS) is 28.7. The molecule has 520 valence electrons. The van der Waals surface area contributed by atoms with E-state index in [-0.39, 0.29) is 28.3 Å². The Morgan fingerprint density at radius 2 is 1.03 bits per heavy atom. The molecule has 0 heterocycles. The molecule has 17 aliphatic carbocycles. The van der Waals surface area contributed by atoms with Gasteiger partial charge in [0.25, 0.3) is 0 Å². The molecule has 2 saturated carbocycles. The van der Waals surface area contributed by atoms with Gasteiger partial charge in [-0.1, -0.05) is 197 Å². The van der Waals surface area contributed by atoms with Crippen LogP contribution in [0.15, 0.2) is 157 Å². The van der Waals surface area contributed by atoms with Crippen LogP contribution < -0.4 is 10.4 Å². The van der Waals surface area contributed by atoms with Crippen LogP contribution >= 0.6 is 31.9 Å². The molecule has 14 atom stereocenters. The fraction of sp³-hybridized carbons (Fsp3) is 0.226. The predicted octanol–water partition coefficient (Wildman–Crippen LogP) is 25.9. The number of fused-ring (bicyclic) bond motifs is 10. The maximum absolute atomic E-state index is 16.3. The highest BCUT2D eigenvalue weighted by atomic mass is 79.9. The molecule has 111 heavy (non-hydrogen) atoms. The Morgan fingerprint density at radius 1 is 0.405 bits per heavy atom.